The molecule has 8 heteroatoms. The fourth-order valence-electron chi connectivity index (χ4n) is 6.60. The van der Waals surface area contributed by atoms with Crippen molar-refractivity contribution in [2.75, 3.05) is 20.3 Å². The zero-order valence-electron chi connectivity index (χ0n) is 26.5. The number of aromatic hydroxyl groups is 2. The summed E-state index contributed by atoms with van der Waals surface area (Å²) in [5.74, 6) is 0.978. The number of ketones is 1. The number of rotatable bonds is 12. The molecule has 0 amide bonds. The van der Waals surface area contributed by atoms with Crippen molar-refractivity contribution < 1.29 is 34.3 Å². The first-order valence-electron chi connectivity index (χ1n) is 15.9. The molecule has 2 atom stereocenters. The van der Waals surface area contributed by atoms with E-state index < -0.39 is 6.10 Å². The van der Waals surface area contributed by atoms with Crippen LogP contribution < -0.4 is 19.2 Å². The van der Waals surface area contributed by atoms with Gasteiger partial charge < -0.3 is 34.5 Å². The number of hydrogen-bond donors (Lipinski definition) is 3. The van der Waals surface area contributed by atoms with E-state index in [2.05, 4.69) is 43.1 Å². The number of hydrogen-bond acceptors (Lipinski definition) is 6. The van der Waals surface area contributed by atoms with Crippen LogP contribution >= 0.6 is 0 Å². The van der Waals surface area contributed by atoms with E-state index in [-0.39, 0.29) is 54.3 Å². The van der Waals surface area contributed by atoms with E-state index in [1.54, 1.807) is 24.3 Å². The first-order valence-corrected chi connectivity index (χ1v) is 15.9. The van der Waals surface area contributed by atoms with Crippen LogP contribution in [0.3, 0.4) is 0 Å². The van der Waals surface area contributed by atoms with Gasteiger partial charge in [0.15, 0.2) is 17.1 Å². The normalized spacial score (nSPS) is 15.2. The van der Waals surface area contributed by atoms with Gasteiger partial charge in [0.1, 0.15) is 24.0 Å². The first kappa shape index (κ1) is 31.3. The molecule has 1 aliphatic heterocycles. The summed E-state index contributed by atoms with van der Waals surface area (Å²) in [5.41, 5.74) is 3.77. The highest BCUT2D eigenvalue weighted by atomic mass is 16.5. The van der Waals surface area contributed by atoms with Gasteiger partial charge in [-0.05, 0) is 64.1 Å². The summed E-state index contributed by atoms with van der Waals surface area (Å²) in [6, 6.07) is 19.2. The molecule has 4 N–H and O–H groups in total. The monoisotopic (exact) mass is 623 g/mol. The van der Waals surface area contributed by atoms with Gasteiger partial charge in [-0.3, -0.25) is 4.79 Å². The zero-order chi connectivity index (χ0) is 32.4. The Balaban J connectivity index is 1.53. The van der Waals surface area contributed by atoms with Crippen molar-refractivity contribution in [1.29, 1.82) is 0 Å². The van der Waals surface area contributed by atoms with Crippen LogP contribution in [-0.2, 0) is 6.42 Å². The molecule has 0 saturated heterocycles. The Labute approximate surface area is 268 Å². The van der Waals surface area contributed by atoms with Crippen molar-refractivity contribution in [3.05, 3.63) is 89.1 Å². The van der Waals surface area contributed by atoms with Crippen molar-refractivity contribution in [3.63, 3.8) is 0 Å². The number of methoxy groups -OCH3 is 1. The Morgan fingerprint density at radius 3 is 2.50 bits per heavy atom. The minimum absolute atomic E-state index is 0.0525. The third-order valence-electron chi connectivity index (χ3n) is 8.91. The minimum atomic E-state index is -0.564. The Kier molecular flexibility index (Phi) is 9.08. The van der Waals surface area contributed by atoms with Crippen molar-refractivity contribution in [2.24, 2.45) is 5.92 Å². The highest BCUT2D eigenvalue weighted by molar-refractivity contribution is 6.07. The molecule has 8 nitrogen and oxygen atoms in total. The maximum Gasteiger partial charge on any atom is 0.335 e. The number of nitrogens with zero attached hydrogens (tertiary/aromatic N) is 1. The molecule has 0 spiro atoms. The number of fused-ring (bicyclic) bond motifs is 4. The van der Waals surface area contributed by atoms with E-state index in [4.69, 9.17) is 14.2 Å². The van der Waals surface area contributed by atoms with Crippen molar-refractivity contribution >= 4 is 27.5 Å². The molecular weight excluding hydrogens is 582 g/mol. The molecule has 0 radical (unpaired) electrons. The molecule has 2 heterocycles. The summed E-state index contributed by atoms with van der Waals surface area (Å²) in [7, 11) is 1.47. The lowest BCUT2D eigenvalue weighted by Gasteiger charge is -2.31. The van der Waals surface area contributed by atoms with E-state index in [1.165, 1.54) is 7.11 Å². The number of aromatic nitrogens is 1. The quantitative estimate of drug-likeness (QED) is 0.0983. The van der Waals surface area contributed by atoms with Gasteiger partial charge in [-0.2, -0.15) is 6.20 Å². The zero-order valence-corrected chi connectivity index (χ0v) is 26.5. The van der Waals surface area contributed by atoms with Crippen LogP contribution in [0.4, 0.5) is 0 Å². The SMILES string of the molecule is COc1c(O)c(C(CCC(C)C)Cc2cccc3c2ccc2[n-]ccc23)c2c(c1OCCCO)C(=[OH+])CC(c1ccc(O)cc1)O2. The maximum absolute atomic E-state index is 12.0. The van der Waals surface area contributed by atoms with Crippen LogP contribution in [0.5, 0.6) is 28.7 Å². The van der Waals surface area contributed by atoms with Gasteiger partial charge in [0, 0.05) is 18.6 Å². The molecule has 6 rings (SSSR count). The molecule has 240 valence electrons. The van der Waals surface area contributed by atoms with Crippen molar-refractivity contribution in [1.82, 2.24) is 4.98 Å². The second-order valence-electron chi connectivity index (χ2n) is 12.4. The number of phenols is 2. The lowest BCUT2D eigenvalue weighted by atomic mass is 9.81. The molecule has 1 aromatic heterocycles. The topological polar surface area (TPSA) is 124 Å². The summed E-state index contributed by atoms with van der Waals surface area (Å²) in [6.07, 6.45) is 4.03. The molecule has 0 fully saturated rings. The molecule has 5 aromatic rings. The van der Waals surface area contributed by atoms with Crippen LogP contribution in [0.1, 0.15) is 73.8 Å². The Morgan fingerprint density at radius 1 is 0.957 bits per heavy atom. The lowest BCUT2D eigenvalue weighted by Crippen LogP contribution is -2.24. The fourth-order valence-corrected chi connectivity index (χ4v) is 6.60. The molecule has 2 unspecified atom stereocenters. The summed E-state index contributed by atoms with van der Waals surface area (Å²) in [4.78, 5) is 16.1. The largest absolute Gasteiger partial charge is 0.664 e. The summed E-state index contributed by atoms with van der Waals surface area (Å²) < 4.78 is 18.6. The van der Waals surface area contributed by atoms with E-state index in [9.17, 15) is 20.1 Å². The number of aliphatic hydroxyl groups is 1. The molecule has 1 aliphatic rings. The molecule has 0 saturated carbocycles. The third-order valence-corrected chi connectivity index (χ3v) is 8.91. The minimum Gasteiger partial charge on any atom is -0.664 e. The van der Waals surface area contributed by atoms with Crippen LogP contribution in [0.25, 0.3) is 21.7 Å². The van der Waals surface area contributed by atoms with Gasteiger partial charge in [-0.15, -0.1) is 5.52 Å². The van der Waals surface area contributed by atoms with E-state index in [1.807, 2.05) is 18.3 Å². The van der Waals surface area contributed by atoms with E-state index in [0.29, 0.717) is 35.6 Å². The van der Waals surface area contributed by atoms with Gasteiger partial charge in [-0.1, -0.05) is 68.8 Å². The second kappa shape index (κ2) is 13.3. The van der Waals surface area contributed by atoms with Gasteiger partial charge >= 0.3 is 5.78 Å². The van der Waals surface area contributed by atoms with Gasteiger partial charge in [0.05, 0.1) is 13.7 Å². The Morgan fingerprint density at radius 2 is 1.76 bits per heavy atom. The van der Waals surface area contributed by atoms with Crippen molar-refractivity contribution in [3.8, 4) is 28.7 Å². The van der Waals surface area contributed by atoms with Crippen LogP contribution in [-0.4, -0.2) is 46.2 Å². The Bertz CT molecular complexity index is 1860. The van der Waals surface area contributed by atoms with Gasteiger partial charge in [0.2, 0.25) is 5.75 Å². The molecule has 4 aromatic carbocycles. The third kappa shape index (κ3) is 5.97. The summed E-state index contributed by atoms with van der Waals surface area (Å²) in [6.45, 7) is 4.45. The van der Waals surface area contributed by atoms with Gasteiger partial charge in [0.25, 0.3) is 0 Å². The van der Waals surface area contributed by atoms with Gasteiger partial charge in [-0.25, -0.2) is 0 Å². The molecule has 0 bridgehead atoms. The predicted molar refractivity (Wildman–Crippen MR) is 179 cm³/mol. The first-order chi connectivity index (χ1) is 22.3. The number of ether oxygens (including phenoxy) is 3. The second-order valence-corrected chi connectivity index (χ2v) is 12.4. The predicted octanol–water partition coefficient (Wildman–Crippen LogP) is 7.31. The van der Waals surface area contributed by atoms with Crippen LogP contribution in [0.2, 0.25) is 0 Å². The lowest BCUT2D eigenvalue weighted by molar-refractivity contribution is 0.190. The summed E-state index contributed by atoms with van der Waals surface area (Å²) >= 11 is 0. The average Bonchev–Trinajstić information content (AvgIpc) is 3.53. The van der Waals surface area contributed by atoms with E-state index in [0.717, 1.165) is 45.6 Å². The fraction of sp³-hybridized carbons (Fsp3) is 0.342. The van der Waals surface area contributed by atoms with Crippen molar-refractivity contribution in [2.45, 2.75) is 58.0 Å². The highest BCUT2D eigenvalue weighted by Gasteiger charge is 2.42. The smallest absolute Gasteiger partial charge is 0.335 e. The molecular formula is C38H41NO7. The van der Waals surface area contributed by atoms with Crippen LogP contribution in [0.15, 0.2) is 66.9 Å². The number of benzene rings is 4. The molecule has 46 heavy (non-hydrogen) atoms. The number of aliphatic hydroxyl groups excluding tert-OH is 1. The summed E-state index contributed by atoms with van der Waals surface area (Å²) in [5, 5.41) is 34.7. The standard InChI is InChI=1S/C38H40NO7/c1-22(2)8-9-25(20-24-6-4-7-28-27(24)14-15-30-29(28)16-17-39-30)33-35(43)38(44-3)37(45-19-5-18-40)34-31(42)21-32(46-36(33)34)23-10-12-26(41)13-11-23/h4,6-7,10-17,22,25,32,40-41H,5,8-9,18-21H2,1-3H3,(H,42,43)/q-1/p+1. The highest BCUT2D eigenvalue weighted by Crippen LogP contribution is 2.55. The number of carbonyl (C=O) groups excluding carboxylic acids is 1. The number of phenolic OH excluding ortho intramolecular Hbond substituents is 2. The van der Waals surface area contributed by atoms with Crippen LogP contribution in [0, 0.1) is 5.92 Å². The average molecular weight is 624 g/mol. The molecule has 0 aliphatic carbocycles. The Hall–Kier alpha value is -4.69. The van der Waals surface area contributed by atoms with E-state index >= 15 is 0 Å². The maximum atomic E-state index is 12.0.